The first kappa shape index (κ1) is 13.2. The Morgan fingerprint density at radius 1 is 1.50 bits per heavy atom. The Bertz CT molecular complexity index is 395. The Hall–Kier alpha value is -1.26. The molecule has 0 aromatic heterocycles. The van der Waals surface area contributed by atoms with Gasteiger partial charge >= 0.3 is 0 Å². The van der Waals surface area contributed by atoms with Crippen LogP contribution < -0.4 is 11.1 Å². The minimum absolute atomic E-state index is 0.275. The maximum Gasteiger partial charge on any atom is 0.0874 e. The van der Waals surface area contributed by atoms with E-state index in [2.05, 4.69) is 23.2 Å². The predicted molar refractivity (Wildman–Crippen MR) is 75.9 cm³/mol. The van der Waals surface area contributed by atoms with Crippen molar-refractivity contribution in [3.8, 4) is 0 Å². The highest BCUT2D eigenvalue weighted by molar-refractivity contribution is 5.56. The van der Waals surface area contributed by atoms with Gasteiger partial charge in [0.1, 0.15) is 0 Å². The number of ether oxygens (including phenoxy) is 1. The standard InChI is InChI=1S/C14H23N3O/c1-3-17-6-7-18-13(10-17)9-16-12-4-5-14(15)11(2)8-12/h4-5,8,13,16H,3,6-7,9-10,15H2,1-2H3. The Kier molecular flexibility index (Phi) is 4.44. The molecule has 4 heteroatoms. The molecule has 18 heavy (non-hydrogen) atoms. The van der Waals surface area contributed by atoms with Crippen LogP contribution in [-0.4, -0.2) is 43.8 Å². The first-order valence-electron chi connectivity index (χ1n) is 6.63. The van der Waals surface area contributed by atoms with E-state index in [-0.39, 0.29) is 6.10 Å². The van der Waals surface area contributed by atoms with Gasteiger partial charge in [-0.2, -0.15) is 0 Å². The number of hydrogen-bond donors (Lipinski definition) is 2. The number of nitrogens with two attached hydrogens (primary N) is 1. The maximum absolute atomic E-state index is 5.80. The molecule has 0 spiro atoms. The van der Waals surface area contributed by atoms with E-state index in [1.54, 1.807) is 0 Å². The number of anilines is 2. The van der Waals surface area contributed by atoms with E-state index in [1.165, 1.54) is 0 Å². The Balaban J connectivity index is 1.85. The number of hydrogen-bond acceptors (Lipinski definition) is 4. The molecule has 4 nitrogen and oxygen atoms in total. The molecule has 0 saturated carbocycles. The van der Waals surface area contributed by atoms with Gasteiger partial charge in [0, 0.05) is 31.0 Å². The van der Waals surface area contributed by atoms with Crippen LogP contribution >= 0.6 is 0 Å². The van der Waals surface area contributed by atoms with Crippen molar-refractivity contribution in [2.24, 2.45) is 0 Å². The summed E-state index contributed by atoms with van der Waals surface area (Å²) in [5, 5.41) is 3.42. The molecular formula is C14H23N3O. The molecule has 0 aliphatic carbocycles. The van der Waals surface area contributed by atoms with Crippen LogP contribution in [0.2, 0.25) is 0 Å². The van der Waals surface area contributed by atoms with Crippen molar-refractivity contribution < 1.29 is 4.74 Å². The van der Waals surface area contributed by atoms with Gasteiger partial charge in [-0.05, 0) is 37.2 Å². The number of nitrogens with zero attached hydrogens (tertiary/aromatic N) is 1. The van der Waals surface area contributed by atoms with Crippen LogP contribution in [0.5, 0.6) is 0 Å². The van der Waals surface area contributed by atoms with Crippen LogP contribution in [0.4, 0.5) is 11.4 Å². The van der Waals surface area contributed by atoms with Crippen molar-refractivity contribution in [3.05, 3.63) is 23.8 Å². The SMILES string of the molecule is CCN1CCOC(CNc2ccc(N)c(C)c2)C1. The highest BCUT2D eigenvalue weighted by atomic mass is 16.5. The van der Waals surface area contributed by atoms with E-state index in [1.807, 2.05) is 19.1 Å². The molecule has 3 N–H and O–H groups in total. The summed E-state index contributed by atoms with van der Waals surface area (Å²) in [7, 11) is 0. The summed E-state index contributed by atoms with van der Waals surface area (Å²) >= 11 is 0. The van der Waals surface area contributed by atoms with Crippen LogP contribution in [0.1, 0.15) is 12.5 Å². The average Bonchev–Trinajstić information content (AvgIpc) is 2.40. The van der Waals surface area contributed by atoms with Crippen molar-refractivity contribution in [2.75, 3.05) is 43.8 Å². The molecule has 2 rings (SSSR count). The van der Waals surface area contributed by atoms with E-state index >= 15 is 0 Å². The van der Waals surface area contributed by atoms with Gasteiger partial charge in [0.05, 0.1) is 12.7 Å². The number of aryl methyl sites for hydroxylation is 1. The number of nitrogen functional groups attached to an aromatic ring is 1. The second-order valence-electron chi connectivity index (χ2n) is 4.84. The third-order valence-electron chi connectivity index (χ3n) is 3.47. The second kappa shape index (κ2) is 6.07. The third-order valence-corrected chi connectivity index (χ3v) is 3.47. The van der Waals surface area contributed by atoms with E-state index in [4.69, 9.17) is 10.5 Å². The Labute approximate surface area is 109 Å². The lowest BCUT2D eigenvalue weighted by molar-refractivity contribution is -0.0191. The fraction of sp³-hybridized carbons (Fsp3) is 0.571. The second-order valence-corrected chi connectivity index (χ2v) is 4.84. The molecule has 1 aromatic carbocycles. The minimum Gasteiger partial charge on any atom is -0.399 e. The van der Waals surface area contributed by atoms with E-state index in [9.17, 15) is 0 Å². The highest BCUT2D eigenvalue weighted by Gasteiger charge is 2.18. The first-order valence-corrected chi connectivity index (χ1v) is 6.63. The summed E-state index contributed by atoms with van der Waals surface area (Å²) in [4.78, 5) is 2.42. The summed E-state index contributed by atoms with van der Waals surface area (Å²) in [6, 6.07) is 6.04. The van der Waals surface area contributed by atoms with Crippen LogP contribution in [0.3, 0.4) is 0 Å². The van der Waals surface area contributed by atoms with Crippen LogP contribution in [-0.2, 0) is 4.74 Å². The average molecular weight is 249 g/mol. The number of benzene rings is 1. The fourth-order valence-electron chi connectivity index (χ4n) is 2.21. The molecule has 1 saturated heterocycles. The van der Waals surface area contributed by atoms with Gasteiger partial charge in [-0.1, -0.05) is 6.92 Å². The molecule has 1 unspecified atom stereocenters. The summed E-state index contributed by atoms with van der Waals surface area (Å²) in [5.41, 5.74) is 8.87. The molecule has 1 aliphatic heterocycles. The topological polar surface area (TPSA) is 50.5 Å². The van der Waals surface area contributed by atoms with Crippen molar-refractivity contribution in [1.29, 1.82) is 0 Å². The lowest BCUT2D eigenvalue weighted by atomic mass is 10.2. The van der Waals surface area contributed by atoms with Crippen LogP contribution in [0.15, 0.2) is 18.2 Å². The molecule has 1 aromatic rings. The van der Waals surface area contributed by atoms with Gasteiger partial charge in [-0.25, -0.2) is 0 Å². The van der Waals surface area contributed by atoms with Crippen molar-refractivity contribution >= 4 is 11.4 Å². The van der Waals surface area contributed by atoms with Gasteiger partial charge in [0.25, 0.3) is 0 Å². The summed E-state index contributed by atoms with van der Waals surface area (Å²) < 4.78 is 5.76. The van der Waals surface area contributed by atoms with Gasteiger partial charge in [0.2, 0.25) is 0 Å². The van der Waals surface area contributed by atoms with Crippen LogP contribution in [0, 0.1) is 6.92 Å². The van der Waals surface area contributed by atoms with Gasteiger partial charge in [-0.3, -0.25) is 4.90 Å². The zero-order chi connectivity index (χ0) is 13.0. The molecule has 1 heterocycles. The monoisotopic (exact) mass is 249 g/mol. The summed E-state index contributed by atoms with van der Waals surface area (Å²) in [6.07, 6.45) is 0.275. The molecule has 1 fully saturated rings. The lowest BCUT2D eigenvalue weighted by Crippen LogP contribution is -2.45. The molecule has 1 atom stereocenters. The van der Waals surface area contributed by atoms with Crippen molar-refractivity contribution in [3.63, 3.8) is 0 Å². The zero-order valence-corrected chi connectivity index (χ0v) is 11.3. The predicted octanol–water partition coefficient (Wildman–Crippen LogP) is 1.71. The summed E-state index contributed by atoms with van der Waals surface area (Å²) in [6.45, 7) is 9.06. The van der Waals surface area contributed by atoms with Gasteiger partial charge < -0.3 is 15.8 Å². The number of rotatable bonds is 4. The smallest absolute Gasteiger partial charge is 0.0874 e. The lowest BCUT2D eigenvalue weighted by Gasteiger charge is -2.32. The van der Waals surface area contributed by atoms with Crippen molar-refractivity contribution in [2.45, 2.75) is 20.0 Å². The fourth-order valence-corrected chi connectivity index (χ4v) is 2.21. The van der Waals surface area contributed by atoms with E-state index < -0.39 is 0 Å². The van der Waals surface area contributed by atoms with Gasteiger partial charge in [-0.15, -0.1) is 0 Å². The molecule has 0 amide bonds. The quantitative estimate of drug-likeness (QED) is 0.798. The molecular weight excluding hydrogens is 226 g/mol. The molecule has 0 radical (unpaired) electrons. The Morgan fingerprint density at radius 2 is 2.33 bits per heavy atom. The number of nitrogens with one attached hydrogen (secondary N) is 1. The minimum atomic E-state index is 0.275. The summed E-state index contributed by atoms with van der Waals surface area (Å²) in [5.74, 6) is 0. The number of morpholine rings is 1. The van der Waals surface area contributed by atoms with E-state index in [0.717, 1.165) is 49.7 Å². The number of likely N-dealkylation sites (N-methyl/N-ethyl adjacent to an activating group) is 1. The Morgan fingerprint density at radius 3 is 3.06 bits per heavy atom. The maximum atomic E-state index is 5.80. The molecule has 100 valence electrons. The first-order chi connectivity index (χ1) is 8.69. The largest absolute Gasteiger partial charge is 0.399 e. The van der Waals surface area contributed by atoms with E-state index in [0.29, 0.717) is 0 Å². The normalized spacial score (nSPS) is 20.9. The third kappa shape index (κ3) is 3.37. The van der Waals surface area contributed by atoms with Crippen LogP contribution in [0.25, 0.3) is 0 Å². The zero-order valence-electron chi connectivity index (χ0n) is 11.3. The molecule has 1 aliphatic rings. The van der Waals surface area contributed by atoms with Gasteiger partial charge in [0.15, 0.2) is 0 Å². The van der Waals surface area contributed by atoms with Crippen molar-refractivity contribution in [1.82, 2.24) is 4.90 Å². The highest BCUT2D eigenvalue weighted by Crippen LogP contribution is 2.17. The molecule has 0 bridgehead atoms.